The number of thiophene rings is 1. The number of hydrogen-bond acceptors (Lipinski definition) is 5. The third-order valence-electron chi connectivity index (χ3n) is 2.74. The lowest BCUT2D eigenvalue weighted by Gasteiger charge is -2.15. The third-order valence-corrected chi connectivity index (χ3v) is 4.71. The maximum Gasteiger partial charge on any atom is 0.264 e. The van der Waals surface area contributed by atoms with E-state index in [4.69, 9.17) is 5.73 Å². The van der Waals surface area contributed by atoms with Crippen molar-refractivity contribution in [2.24, 2.45) is 0 Å². The van der Waals surface area contributed by atoms with Gasteiger partial charge in [-0.25, -0.2) is 4.98 Å². The number of amides is 1. The third kappa shape index (κ3) is 2.54. The molecule has 0 aliphatic heterocycles. The van der Waals surface area contributed by atoms with Crippen molar-refractivity contribution in [3.8, 4) is 0 Å². The Kier molecular flexibility index (Phi) is 3.68. The van der Waals surface area contributed by atoms with E-state index >= 15 is 0 Å². The van der Waals surface area contributed by atoms with Crippen LogP contribution in [0.25, 0.3) is 0 Å². The quantitative estimate of drug-likeness (QED) is 0.941. The smallest absolute Gasteiger partial charge is 0.264 e. The molecule has 0 unspecified atom stereocenters. The molecule has 6 heteroatoms. The number of aryl methyl sites for hydroxylation is 2. The number of carbonyl (C=O) groups is 1. The fourth-order valence-electron chi connectivity index (χ4n) is 1.55. The monoisotopic (exact) mass is 281 g/mol. The van der Waals surface area contributed by atoms with Crippen molar-refractivity contribution in [1.82, 2.24) is 9.88 Å². The van der Waals surface area contributed by atoms with E-state index in [1.807, 2.05) is 13.8 Å². The highest BCUT2D eigenvalue weighted by Gasteiger charge is 2.17. The predicted octanol–water partition coefficient (Wildman–Crippen LogP) is 2.68. The fraction of sp³-hybridized carbons (Fsp3) is 0.333. The van der Waals surface area contributed by atoms with Gasteiger partial charge in [0.15, 0.2) is 0 Å². The maximum atomic E-state index is 12.2. The Morgan fingerprint density at radius 1 is 1.50 bits per heavy atom. The van der Waals surface area contributed by atoms with Gasteiger partial charge >= 0.3 is 0 Å². The second-order valence-corrected chi connectivity index (χ2v) is 6.34. The van der Waals surface area contributed by atoms with Gasteiger partial charge in [-0.05, 0) is 19.9 Å². The van der Waals surface area contributed by atoms with Gasteiger partial charge in [-0.1, -0.05) is 0 Å². The van der Waals surface area contributed by atoms with Crippen LogP contribution >= 0.6 is 22.7 Å². The Morgan fingerprint density at radius 3 is 2.72 bits per heavy atom. The molecule has 2 aromatic heterocycles. The SMILES string of the molecule is Cc1ncsc1CN(C)C(=O)c1cc(N)c(C)s1. The van der Waals surface area contributed by atoms with E-state index in [1.165, 1.54) is 11.3 Å². The van der Waals surface area contributed by atoms with Gasteiger partial charge in [0.2, 0.25) is 0 Å². The lowest BCUT2D eigenvalue weighted by atomic mass is 10.3. The average Bonchev–Trinajstić information content (AvgIpc) is 2.86. The first-order valence-electron chi connectivity index (χ1n) is 5.49. The topological polar surface area (TPSA) is 59.2 Å². The molecule has 4 nitrogen and oxygen atoms in total. The minimum absolute atomic E-state index is 0.00704. The zero-order chi connectivity index (χ0) is 13.3. The number of aromatic nitrogens is 1. The second-order valence-electron chi connectivity index (χ2n) is 4.14. The normalized spacial score (nSPS) is 10.6. The van der Waals surface area contributed by atoms with Gasteiger partial charge in [0, 0.05) is 22.5 Å². The van der Waals surface area contributed by atoms with E-state index in [0.29, 0.717) is 17.1 Å². The van der Waals surface area contributed by atoms with Gasteiger partial charge in [-0.2, -0.15) is 0 Å². The van der Waals surface area contributed by atoms with Crippen molar-refractivity contribution in [2.45, 2.75) is 20.4 Å². The van der Waals surface area contributed by atoms with Crippen molar-refractivity contribution in [3.05, 3.63) is 31.9 Å². The Hall–Kier alpha value is -1.40. The molecule has 0 spiro atoms. The summed E-state index contributed by atoms with van der Waals surface area (Å²) in [5, 5.41) is 0. The number of rotatable bonds is 3. The molecule has 0 fully saturated rings. The summed E-state index contributed by atoms with van der Waals surface area (Å²) in [6, 6.07) is 1.75. The molecule has 18 heavy (non-hydrogen) atoms. The maximum absolute atomic E-state index is 12.2. The van der Waals surface area contributed by atoms with Crippen LogP contribution in [0, 0.1) is 13.8 Å². The molecule has 0 saturated heterocycles. The zero-order valence-corrected chi connectivity index (χ0v) is 12.2. The molecule has 0 bridgehead atoms. The Labute approximate surface area is 114 Å². The highest BCUT2D eigenvalue weighted by atomic mass is 32.1. The molecular weight excluding hydrogens is 266 g/mol. The number of nitrogens with two attached hydrogens (primary N) is 1. The summed E-state index contributed by atoms with van der Waals surface area (Å²) in [5.74, 6) is 0.00704. The van der Waals surface area contributed by atoms with Gasteiger partial charge in [-0.15, -0.1) is 22.7 Å². The summed E-state index contributed by atoms with van der Waals surface area (Å²) in [7, 11) is 1.80. The first-order valence-corrected chi connectivity index (χ1v) is 7.19. The fourth-order valence-corrected chi connectivity index (χ4v) is 3.32. The highest BCUT2D eigenvalue weighted by Crippen LogP contribution is 2.25. The lowest BCUT2D eigenvalue weighted by molar-refractivity contribution is 0.0791. The Balaban J connectivity index is 2.12. The molecule has 1 amide bonds. The van der Waals surface area contributed by atoms with E-state index in [9.17, 15) is 4.79 Å². The van der Waals surface area contributed by atoms with Crippen LogP contribution < -0.4 is 5.73 Å². The molecule has 0 atom stereocenters. The van der Waals surface area contributed by atoms with Gasteiger partial charge in [0.25, 0.3) is 5.91 Å². The van der Waals surface area contributed by atoms with E-state index in [-0.39, 0.29) is 5.91 Å². The summed E-state index contributed by atoms with van der Waals surface area (Å²) in [5.41, 5.74) is 9.25. The minimum atomic E-state index is 0.00704. The number of nitrogen functional groups attached to an aromatic ring is 1. The van der Waals surface area contributed by atoms with E-state index < -0.39 is 0 Å². The molecule has 0 aliphatic rings. The molecule has 2 N–H and O–H groups in total. The summed E-state index contributed by atoms with van der Waals surface area (Å²) >= 11 is 3.01. The molecule has 2 rings (SSSR count). The minimum Gasteiger partial charge on any atom is -0.398 e. The number of thiazole rings is 1. The molecule has 0 aromatic carbocycles. The van der Waals surface area contributed by atoms with Crippen molar-refractivity contribution < 1.29 is 4.79 Å². The Morgan fingerprint density at radius 2 is 2.22 bits per heavy atom. The molecule has 0 aliphatic carbocycles. The summed E-state index contributed by atoms with van der Waals surface area (Å²) in [6.07, 6.45) is 0. The van der Waals surface area contributed by atoms with Crippen LogP contribution in [0.3, 0.4) is 0 Å². The molecule has 96 valence electrons. The standard InChI is InChI=1S/C12H15N3OS2/c1-7-11(17-6-14-7)5-15(3)12(16)10-4-9(13)8(2)18-10/h4,6H,5,13H2,1-3H3. The van der Waals surface area contributed by atoms with Gasteiger partial charge in [-0.3, -0.25) is 4.79 Å². The van der Waals surface area contributed by atoms with Crippen LogP contribution in [0.4, 0.5) is 5.69 Å². The lowest BCUT2D eigenvalue weighted by Crippen LogP contribution is -2.25. The molecule has 2 heterocycles. The summed E-state index contributed by atoms with van der Waals surface area (Å²) in [4.78, 5) is 20.9. The van der Waals surface area contributed by atoms with Crippen molar-refractivity contribution >= 4 is 34.3 Å². The van der Waals surface area contributed by atoms with Crippen LogP contribution in [-0.2, 0) is 6.54 Å². The Bertz CT molecular complexity index is 554. The summed E-state index contributed by atoms with van der Waals surface area (Å²) in [6.45, 7) is 4.47. The zero-order valence-electron chi connectivity index (χ0n) is 10.6. The van der Waals surface area contributed by atoms with E-state index in [1.54, 1.807) is 34.9 Å². The predicted molar refractivity (Wildman–Crippen MR) is 76.1 cm³/mol. The van der Waals surface area contributed by atoms with Crippen molar-refractivity contribution in [1.29, 1.82) is 0 Å². The van der Waals surface area contributed by atoms with Crippen molar-refractivity contribution in [3.63, 3.8) is 0 Å². The van der Waals surface area contributed by atoms with Gasteiger partial charge < -0.3 is 10.6 Å². The summed E-state index contributed by atoms with van der Waals surface area (Å²) < 4.78 is 0. The molecular formula is C12H15N3OS2. The van der Waals surface area contributed by atoms with Gasteiger partial charge in [0.1, 0.15) is 0 Å². The molecule has 2 aromatic rings. The number of carbonyl (C=O) groups excluding carboxylic acids is 1. The first-order chi connectivity index (χ1) is 8.49. The molecule has 0 saturated carbocycles. The number of hydrogen-bond donors (Lipinski definition) is 1. The van der Waals surface area contributed by atoms with Crippen LogP contribution in [0.5, 0.6) is 0 Å². The second kappa shape index (κ2) is 5.07. The van der Waals surface area contributed by atoms with Crippen LogP contribution in [-0.4, -0.2) is 22.8 Å². The van der Waals surface area contributed by atoms with E-state index in [2.05, 4.69) is 4.98 Å². The average molecular weight is 281 g/mol. The van der Waals surface area contributed by atoms with Crippen LogP contribution in [0.1, 0.15) is 25.1 Å². The highest BCUT2D eigenvalue weighted by molar-refractivity contribution is 7.14. The number of anilines is 1. The first kappa shape index (κ1) is 13.0. The number of nitrogens with zero attached hydrogens (tertiary/aromatic N) is 2. The van der Waals surface area contributed by atoms with E-state index in [0.717, 1.165) is 15.4 Å². The van der Waals surface area contributed by atoms with Gasteiger partial charge in [0.05, 0.1) is 22.6 Å². The largest absolute Gasteiger partial charge is 0.398 e. The molecule has 0 radical (unpaired) electrons. The van der Waals surface area contributed by atoms with Crippen LogP contribution in [0.2, 0.25) is 0 Å². The van der Waals surface area contributed by atoms with Crippen LogP contribution in [0.15, 0.2) is 11.6 Å². The van der Waals surface area contributed by atoms with Crippen molar-refractivity contribution in [2.75, 3.05) is 12.8 Å².